The smallest absolute Gasteiger partial charge is 0.335 e. The molecule has 4 nitrogen and oxygen atoms in total. The lowest BCUT2D eigenvalue weighted by atomic mass is 9.86. The van der Waals surface area contributed by atoms with Crippen LogP contribution in [-0.4, -0.2) is 24.8 Å². The Bertz CT molecular complexity index is 410. The van der Waals surface area contributed by atoms with Crippen molar-refractivity contribution in [3.63, 3.8) is 0 Å². The topological polar surface area (TPSA) is 55.8 Å². The number of ether oxygens (including phenoxy) is 2. The summed E-state index contributed by atoms with van der Waals surface area (Å²) in [5.74, 6) is 0.739. The van der Waals surface area contributed by atoms with Gasteiger partial charge in [-0.15, -0.1) is 0 Å². The van der Waals surface area contributed by atoms with Crippen LogP contribution in [0.4, 0.5) is 0 Å². The summed E-state index contributed by atoms with van der Waals surface area (Å²) in [6, 6.07) is 4.65. The van der Waals surface area contributed by atoms with Crippen LogP contribution >= 0.6 is 0 Å². The van der Waals surface area contributed by atoms with Gasteiger partial charge in [-0.3, -0.25) is 0 Å². The number of methoxy groups -OCH3 is 1. The van der Waals surface area contributed by atoms with Crippen LogP contribution in [0.3, 0.4) is 0 Å². The second kappa shape index (κ2) is 5.08. The van der Waals surface area contributed by atoms with Gasteiger partial charge in [0.2, 0.25) is 0 Å². The average Bonchev–Trinajstić information content (AvgIpc) is 2.26. The third-order valence-corrected chi connectivity index (χ3v) is 3.11. The quantitative estimate of drug-likeness (QED) is 0.853. The average molecular weight is 236 g/mol. The molecule has 0 atom stereocenters. The van der Waals surface area contributed by atoms with Crippen LogP contribution in [0.1, 0.15) is 29.6 Å². The largest absolute Gasteiger partial charge is 0.493 e. The number of rotatable bonds is 5. The molecule has 2 rings (SSSR count). The number of carboxylic acid groups (broad SMARTS) is 1. The number of carbonyl (C=O) groups is 1. The number of benzene rings is 1. The molecule has 92 valence electrons. The molecule has 1 saturated carbocycles. The van der Waals surface area contributed by atoms with Gasteiger partial charge in [-0.25, -0.2) is 4.79 Å². The van der Waals surface area contributed by atoms with Gasteiger partial charge in [-0.1, -0.05) is 6.42 Å². The highest BCUT2D eigenvalue weighted by molar-refractivity contribution is 5.88. The van der Waals surface area contributed by atoms with E-state index in [4.69, 9.17) is 14.6 Å². The molecular weight excluding hydrogens is 220 g/mol. The Kier molecular flexibility index (Phi) is 3.52. The van der Waals surface area contributed by atoms with Crippen molar-refractivity contribution in [1.29, 1.82) is 0 Å². The molecule has 0 bridgehead atoms. The fourth-order valence-corrected chi connectivity index (χ4v) is 1.79. The van der Waals surface area contributed by atoms with Gasteiger partial charge >= 0.3 is 5.97 Å². The van der Waals surface area contributed by atoms with Crippen molar-refractivity contribution in [1.82, 2.24) is 0 Å². The van der Waals surface area contributed by atoms with E-state index in [0.29, 0.717) is 24.0 Å². The van der Waals surface area contributed by atoms with E-state index in [1.807, 2.05) is 0 Å². The van der Waals surface area contributed by atoms with E-state index in [1.54, 1.807) is 13.2 Å². The van der Waals surface area contributed by atoms with Gasteiger partial charge in [0.05, 0.1) is 19.3 Å². The predicted octanol–water partition coefficient (Wildman–Crippen LogP) is 2.57. The molecule has 0 radical (unpaired) electrons. The summed E-state index contributed by atoms with van der Waals surface area (Å²) in [6.45, 7) is 0.638. The predicted molar refractivity (Wildman–Crippen MR) is 62.8 cm³/mol. The van der Waals surface area contributed by atoms with Gasteiger partial charge in [-0.2, -0.15) is 0 Å². The zero-order valence-corrected chi connectivity index (χ0v) is 9.81. The number of aromatic carboxylic acids is 1. The van der Waals surface area contributed by atoms with E-state index < -0.39 is 5.97 Å². The Hall–Kier alpha value is -1.71. The van der Waals surface area contributed by atoms with Crippen molar-refractivity contribution in [2.24, 2.45) is 5.92 Å². The molecule has 1 N–H and O–H groups in total. The zero-order valence-electron chi connectivity index (χ0n) is 9.81. The normalized spacial score (nSPS) is 15.1. The molecule has 0 amide bonds. The lowest BCUT2D eigenvalue weighted by Crippen LogP contribution is -2.19. The highest BCUT2D eigenvalue weighted by Gasteiger charge is 2.19. The molecule has 0 heterocycles. The first-order valence-corrected chi connectivity index (χ1v) is 5.75. The Balaban J connectivity index is 2.10. The molecule has 1 aliphatic carbocycles. The Morgan fingerprint density at radius 1 is 1.41 bits per heavy atom. The van der Waals surface area contributed by atoms with Crippen molar-refractivity contribution in [2.75, 3.05) is 13.7 Å². The minimum Gasteiger partial charge on any atom is -0.493 e. The van der Waals surface area contributed by atoms with Crippen molar-refractivity contribution >= 4 is 5.97 Å². The maximum Gasteiger partial charge on any atom is 0.335 e. The highest BCUT2D eigenvalue weighted by Crippen LogP contribution is 2.31. The minimum atomic E-state index is -0.957. The lowest BCUT2D eigenvalue weighted by Gasteiger charge is -2.25. The standard InChI is InChI=1S/C13H16O4/c1-16-11-6-5-10(13(14)15)7-12(11)17-8-9-3-2-4-9/h5-7,9H,2-4,8H2,1H3,(H,14,15). The van der Waals surface area contributed by atoms with Crippen molar-refractivity contribution < 1.29 is 19.4 Å². The first-order valence-electron chi connectivity index (χ1n) is 5.75. The molecule has 1 aromatic carbocycles. The van der Waals surface area contributed by atoms with E-state index >= 15 is 0 Å². The van der Waals surface area contributed by atoms with Crippen LogP contribution in [0, 0.1) is 5.92 Å². The Morgan fingerprint density at radius 3 is 2.71 bits per heavy atom. The minimum absolute atomic E-state index is 0.217. The molecule has 0 aromatic heterocycles. The molecule has 17 heavy (non-hydrogen) atoms. The number of carboxylic acids is 1. The van der Waals surface area contributed by atoms with Crippen molar-refractivity contribution in [3.05, 3.63) is 23.8 Å². The van der Waals surface area contributed by atoms with Crippen LogP contribution in [0.15, 0.2) is 18.2 Å². The molecule has 0 aliphatic heterocycles. The van der Waals surface area contributed by atoms with Gasteiger partial charge < -0.3 is 14.6 Å². The summed E-state index contributed by atoms with van der Waals surface area (Å²) in [4.78, 5) is 10.9. The van der Waals surface area contributed by atoms with E-state index in [1.165, 1.54) is 31.4 Å². The third kappa shape index (κ3) is 2.70. The summed E-state index contributed by atoms with van der Waals surface area (Å²) in [5, 5.41) is 8.91. The van der Waals surface area contributed by atoms with Crippen LogP contribution in [0.25, 0.3) is 0 Å². The van der Waals surface area contributed by atoms with Crippen molar-refractivity contribution in [2.45, 2.75) is 19.3 Å². The molecule has 0 saturated heterocycles. The summed E-state index contributed by atoms with van der Waals surface area (Å²) in [7, 11) is 1.55. The molecule has 0 spiro atoms. The third-order valence-electron chi connectivity index (χ3n) is 3.11. The molecular formula is C13H16O4. The second-order valence-corrected chi connectivity index (χ2v) is 4.28. The van der Waals surface area contributed by atoms with E-state index in [2.05, 4.69) is 0 Å². The first-order chi connectivity index (χ1) is 8.20. The van der Waals surface area contributed by atoms with Gasteiger partial charge in [0, 0.05) is 0 Å². The summed E-state index contributed by atoms with van der Waals surface area (Å²) in [5.41, 5.74) is 0.217. The summed E-state index contributed by atoms with van der Waals surface area (Å²) in [6.07, 6.45) is 3.65. The Labute approximate surface area is 100 Å². The van der Waals surface area contributed by atoms with Gasteiger partial charge in [0.25, 0.3) is 0 Å². The first kappa shape index (κ1) is 11.8. The fraction of sp³-hybridized carbons (Fsp3) is 0.462. The maximum atomic E-state index is 10.9. The molecule has 0 unspecified atom stereocenters. The highest BCUT2D eigenvalue weighted by atomic mass is 16.5. The van der Waals surface area contributed by atoms with Crippen LogP contribution < -0.4 is 9.47 Å². The van der Waals surface area contributed by atoms with Crippen LogP contribution in [0.5, 0.6) is 11.5 Å². The lowest BCUT2D eigenvalue weighted by molar-refractivity contribution is 0.0696. The molecule has 1 aliphatic rings. The summed E-state index contributed by atoms with van der Waals surface area (Å²) >= 11 is 0. The van der Waals surface area contributed by atoms with Gasteiger partial charge in [0.1, 0.15) is 0 Å². The maximum absolute atomic E-state index is 10.9. The molecule has 4 heteroatoms. The second-order valence-electron chi connectivity index (χ2n) is 4.28. The van der Waals surface area contributed by atoms with Gasteiger partial charge in [-0.05, 0) is 37.0 Å². The monoisotopic (exact) mass is 236 g/mol. The number of hydrogen-bond acceptors (Lipinski definition) is 3. The SMILES string of the molecule is COc1ccc(C(=O)O)cc1OCC1CCC1. The fourth-order valence-electron chi connectivity index (χ4n) is 1.79. The summed E-state index contributed by atoms with van der Waals surface area (Å²) < 4.78 is 10.8. The van der Waals surface area contributed by atoms with E-state index in [0.717, 1.165) is 0 Å². The van der Waals surface area contributed by atoms with Gasteiger partial charge in [0.15, 0.2) is 11.5 Å². The zero-order chi connectivity index (χ0) is 12.3. The van der Waals surface area contributed by atoms with E-state index in [-0.39, 0.29) is 5.56 Å². The van der Waals surface area contributed by atoms with E-state index in [9.17, 15) is 4.79 Å². The Morgan fingerprint density at radius 2 is 2.18 bits per heavy atom. The molecule has 1 aromatic rings. The van der Waals surface area contributed by atoms with Crippen molar-refractivity contribution in [3.8, 4) is 11.5 Å². The molecule has 1 fully saturated rings. The van der Waals surface area contributed by atoms with Crippen LogP contribution in [0.2, 0.25) is 0 Å². The van der Waals surface area contributed by atoms with Crippen LogP contribution in [-0.2, 0) is 0 Å². The number of hydrogen-bond donors (Lipinski definition) is 1.